The predicted octanol–water partition coefficient (Wildman–Crippen LogP) is 1.85. The Morgan fingerprint density at radius 3 is 2.88 bits per heavy atom. The number of hydrogen-bond acceptors (Lipinski definition) is 3. The van der Waals surface area contributed by atoms with Crippen molar-refractivity contribution >= 4 is 23.1 Å². The van der Waals surface area contributed by atoms with Crippen LogP contribution in [-0.2, 0) is 4.74 Å². The van der Waals surface area contributed by atoms with E-state index in [0.29, 0.717) is 10.6 Å². The zero-order chi connectivity index (χ0) is 12.3. The van der Waals surface area contributed by atoms with Gasteiger partial charge in [-0.3, -0.25) is 5.41 Å². The van der Waals surface area contributed by atoms with Crippen LogP contribution in [0, 0.1) is 5.41 Å². The van der Waals surface area contributed by atoms with E-state index in [0.717, 1.165) is 38.4 Å². The Kier molecular flexibility index (Phi) is 3.86. The summed E-state index contributed by atoms with van der Waals surface area (Å²) in [6.45, 7) is 3.32. The highest BCUT2D eigenvalue weighted by atomic mass is 35.5. The Morgan fingerprint density at radius 2 is 2.18 bits per heavy atom. The molecule has 0 atom stereocenters. The SMILES string of the molecule is N=C(N)c1ccc(N2CCCOCC2)c(Cl)c1. The second-order valence-corrected chi connectivity index (χ2v) is 4.44. The molecule has 92 valence electrons. The van der Waals surface area contributed by atoms with Crippen molar-refractivity contribution < 1.29 is 4.74 Å². The number of benzene rings is 1. The second-order valence-electron chi connectivity index (χ2n) is 4.03. The van der Waals surface area contributed by atoms with E-state index in [1.54, 1.807) is 6.07 Å². The molecule has 0 aromatic heterocycles. The maximum absolute atomic E-state index is 7.37. The van der Waals surface area contributed by atoms with Crippen LogP contribution in [0.2, 0.25) is 5.02 Å². The number of amidine groups is 1. The molecule has 1 aromatic rings. The van der Waals surface area contributed by atoms with Gasteiger partial charge in [0.2, 0.25) is 0 Å². The minimum atomic E-state index is 0.0395. The molecule has 0 bridgehead atoms. The van der Waals surface area contributed by atoms with Crippen molar-refractivity contribution in [3.05, 3.63) is 28.8 Å². The number of nitrogens with zero attached hydrogens (tertiary/aromatic N) is 1. The van der Waals surface area contributed by atoms with E-state index < -0.39 is 0 Å². The molecular formula is C12H16ClN3O. The fourth-order valence-corrected chi connectivity index (χ4v) is 2.22. The Labute approximate surface area is 106 Å². The van der Waals surface area contributed by atoms with Crippen molar-refractivity contribution in [1.29, 1.82) is 5.41 Å². The molecule has 4 nitrogen and oxygen atoms in total. The first-order valence-electron chi connectivity index (χ1n) is 5.65. The smallest absolute Gasteiger partial charge is 0.122 e. The lowest BCUT2D eigenvalue weighted by molar-refractivity contribution is 0.152. The summed E-state index contributed by atoms with van der Waals surface area (Å²) in [4.78, 5) is 2.21. The topological polar surface area (TPSA) is 62.3 Å². The first kappa shape index (κ1) is 12.2. The van der Waals surface area contributed by atoms with Crippen LogP contribution in [-0.4, -0.2) is 32.1 Å². The molecule has 0 unspecified atom stereocenters. The van der Waals surface area contributed by atoms with Gasteiger partial charge in [0.25, 0.3) is 0 Å². The van der Waals surface area contributed by atoms with Crippen LogP contribution in [0.1, 0.15) is 12.0 Å². The van der Waals surface area contributed by atoms with Gasteiger partial charge >= 0.3 is 0 Å². The maximum Gasteiger partial charge on any atom is 0.122 e. The van der Waals surface area contributed by atoms with Crippen LogP contribution >= 0.6 is 11.6 Å². The molecule has 0 amide bonds. The summed E-state index contributed by atoms with van der Waals surface area (Å²) in [7, 11) is 0. The molecule has 0 saturated carbocycles. The van der Waals surface area contributed by atoms with Gasteiger partial charge in [-0.1, -0.05) is 11.6 Å². The first-order valence-corrected chi connectivity index (χ1v) is 6.03. The van der Waals surface area contributed by atoms with Gasteiger partial charge in [-0.25, -0.2) is 0 Å². The molecule has 1 aromatic carbocycles. The number of halogens is 1. The molecular weight excluding hydrogens is 238 g/mol. The quantitative estimate of drug-likeness (QED) is 0.625. The van der Waals surface area contributed by atoms with E-state index >= 15 is 0 Å². The van der Waals surface area contributed by atoms with Crippen molar-refractivity contribution in [2.75, 3.05) is 31.2 Å². The fourth-order valence-electron chi connectivity index (χ4n) is 1.92. The summed E-state index contributed by atoms with van der Waals surface area (Å²) < 4.78 is 5.41. The molecule has 2 rings (SSSR count). The molecule has 5 heteroatoms. The lowest BCUT2D eigenvalue weighted by atomic mass is 10.1. The standard InChI is InChI=1S/C12H16ClN3O/c13-10-8-9(12(14)15)2-3-11(10)16-4-1-6-17-7-5-16/h2-3,8H,1,4-7H2,(H3,14,15). The van der Waals surface area contributed by atoms with Gasteiger partial charge in [-0.15, -0.1) is 0 Å². The molecule has 17 heavy (non-hydrogen) atoms. The minimum absolute atomic E-state index is 0.0395. The van der Waals surface area contributed by atoms with Crippen LogP contribution < -0.4 is 10.6 Å². The molecule has 0 aliphatic carbocycles. The second kappa shape index (κ2) is 5.38. The maximum atomic E-state index is 7.37. The average molecular weight is 254 g/mol. The molecule has 1 aliphatic rings. The van der Waals surface area contributed by atoms with Crippen LogP contribution in [0.3, 0.4) is 0 Å². The predicted molar refractivity (Wildman–Crippen MR) is 70.1 cm³/mol. The number of nitrogen functional groups attached to an aromatic ring is 1. The summed E-state index contributed by atoms with van der Waals surface area (Å²) >= 11 is 6.23. The van der Waals surface area contributed by atoms with Crippen LogP contribution in [0.15, 0.2) is 18.2 Å². The molecule has 1 saturated heterocycles. The van der Waals surface area contributed by atoms with Gasteiger partial charge in [-0.2, -0.15) is 0 Å². The minimum Gasteiger partial charge on any atom is -0.384 e. The van der Waals surface area contributed by atoms with E-state index in [1.807, 2.05) is 12.1 Å². The number of nitrogens with one attached hydrogen (secondary N) is 1. The lowest BCUT2D eigenvalue weighted by Gasteiger charge is -2.23. The van der Waals surface area contributed by atoms with Crippen molar-refractivity contribution in [1.82, 2.24) is 0 Å². The molecule has 1 aliphatic heterocycles. The monoisotopic (exact) mass is 253 g/mol. The van der Waals surface area contributed by atoms with Gasteiger partial charge in [-0.05, 0) is 24.6 Å². The molecule has 0 spiro atoms. The van der Waals surface area contributed by atoms with Crippen molar-refractivity contribution in [3.63, 3.8) is 0 Å². The average Bonchev–Trinajstić information content (AvgIpc) is 2.57. The van der Waals surface area contributed by atoms with E-state index in [1.165, 1.54) is 0 Å². The highest BCUT2D eigenvalue weighted by Crippen LogP contribution is 2.27. The Bertz CT molecular complexity index is 414. The zero-order valence-corrected chi connectivity index (χ0v) is 10.3. The van der Waals surface area contributed by atoms with Crippen molar-refractivity contribution in [3.8, 4) is 0 Å². The fraction of sp³-hybridized carbons (Fsp3) is 0.417. The summed E-state index contributed by atoms with van der Waals surface area (Å²) in [5, 5.41) is 8.01. The van der Waals surface area contributed by atoms with Crippen LogP contribution in [0.25, 0.3) is 0 Å². The highest BCUT2D eigenvalue weighted by Gasteiger charge is 2.13. The third kappa shape index (κ3) is 2.90. The third-order valence-corrected chi connectivity index (χ3v) is 3.12. The molecule has 0 radical (unpaired) electrons. The van der Waals surface area contributed by atoms with Crippen LogP contribution in [0.4, 0.5) is 5.69 Å². The van der Waals surface area contributed by atoms with Gasteiger partial charge in [0, 0.05) is 25.3 Å². The summed E-state index contributed by atoms with van der Waals surface area (Å²) in [6.07, 6.45) is 1.00. The largest absolute Gasteiger partial charge is 0.384 e. The highest BCUT2D eigenvalue weighted by molar-refractivity contribution is 6.33. The Morgan fingerprint density at radius 1 is 1.35 bits per heavy atom. The van der Waals surface area contributed by atoms with Crippen molar-refractivity contribution in [2.45, 2.75) is 6.42 Å². The Balaban J connectivity index is 2.22. The number of nitrogens with two attached hydrogens (primary N) is 1. The molecule has 3 N–H and O–H groups in total. The number of hydrogen-bond donors (Lipinski definition) is 2. The van der Waals surface area contributed by atoms with Gasteiger partial charge in [0.1, 0.15) is 5.84 Å². The van der Waals surface area contributed by atoms with E-state index in [9.17, 15) is 0 Å². The van der Waals surface area contributed by atoms with E-state index in [2.05, 4.69) is 4.90 Å². The van der Waals surface area contributed by atoms with E-state index in [-0.39, 0.29) is 5.84 Å². The summed E-state index contributed by atoms with van der Waals surface area (Å²) in [5.41, 5.74) is 7.07. The Hall–Kier alpha value is -1.26. The summed E-state index contributed by atoms with van der Waals surface area (Å²) in [5.74, 6) is 0.0395. The van der Waals surface area contributed by atoms with Gasteiger partial charge in [0.15, 0.2) is 0 Å². The summed E-state index contributed by atoms with van der Waals surface area (Å²) in [6, 6.07) is 5.49. The zero-order valence-electron chi connectivity index (χ0n) is 9.58. The lowest BCUT2D eigenvalue weighted by Crippen LogP contribution is -2.26. The number of anilines is 1. The van der Waals surface area contributed by atoms with Gasteiger partial charge < -0.3 is 15.4 Å². The number of rotatable bonds is 2. The molecule has 1 heterocycles. The van der Waals surface area contributed by atoms with Gasteiger partial charge in [0.05, 0.1) is 17.3 Å². The van der Waals surface area contributed by atoms with Crippen molar-refractivity contribution in [2.24, 2.45) is 5.73 Å². The van der Waals surface area contributed by atoms with Crippen LogP contribution in [0.5, 0.6) is 0 Å². The number of ether oxygens (including phenoxy) is 1. The van der Waals surface area contributed by atoms with E-state index in [4.69, 9.17) is 27.5 Å². The molecule has 1 fully saturated rings. The normalized spacial score (nSPS) is 16.6. The third-order valence-electron chi connectivity index (χ3n) is 2.82. The first-order chi connectivity index (χ1) is 8.18.